The molecule has 1 aliphatic rings. The average Bonchev–Trinajstić information content (AvgIpc) is 3.20. The monoisotopic (exact) mass is 246 g/mol. The van der Waals surface area contributed by atoms with E-state index < -0.39 is 0 Å². The number of aromatic nitrogens is 2. The van der Waals surface area contributed by atoms with Crippen LogP contribution in [0.2, 0.25) is 0 Å². The summed E-state index contributed by atoms with van der Waals surface area (Å²) in [5, 5.41) is 0.560. The minimum Gasteiger partial charge on any atom is -0.497 e. The molecule has 1 aliphatic carbocycles. The highest BCUT2D eigenvalue weighted by molar-refractivity contribution is 5.79. The summed E-state index contributed by atoms with van der Waals surface area (Å²) in [7, 11) is 3.24. The molecule has 0 bridgehead atoms. The molecule has 2 aromatic rings. The zero-order valence-corrected chi connectivity index (χ0v) is 10.3. The molecule has 1 saturated carbocycles. The minimum absolute atomic E-state index is 0.0858. The van der Waals surface area contributed by atoms with Crippen LogP contribution in [0.4, 0.5) is 0 Å². The van der Waals surface area contributed by atoms with Crippen molar-refractivity contribution in [2.45, 2.75) is 18.9 Å². The van der Waals surface area contributed by atoms with E-state index in [1.807, 2.05) is 0 Å². The van der Waals surface area contributed by atoms with Crippen LogP contribution in [0.1, 0.15) is 18.9 Å². The number of fused-ring (bicyclic) bond motifs is 1. The first-order valence-electron chi connectivity index (χ1n) is 5.92. The van der Waals surface area contributed by atoms with Crippen molar-refractivity contribution in [1.82, 2.24) is 9.13 Å². The quantitative estimate of drug-likeness (QED) is 0.795. The summed E-state index contributed by atoms with van der Waals surface area (Å²) >= 11 is 0. The van der Waals surface area contributed by atoms with Crippen LogP contribution >= 0.6 is 0 Å². The van der Waals surface area contributed by atoms with Gasteiger partial charge in [0.05, 0.1) is 18.0 Å². The van der Waals surface area contributed by atoms with Crippen molar-refractivity contribution in [3.05, 3.63) is 39.0 Å². The SMILES string of the molecule is COc1ccc2c(=O)n(C3CC3)c(=O)n(C)c2c1. The number of hydrogen-bond acceptors (Lipinski definition) is 3. The maximum atomic E-state index is 12.3. The summed E-state index contributed by atoms with van der Waals surface area (Å²) in [6.07, 6.45) is 1.83. The van der Waals surface area contributed by atoms with E-state index >= 15 is 0 Å². The van der Waals surface area contributed by atoms with E-state index in [2.05, 4.69) is 0 Å². The summed E-state index contributed by atoms with van der Waals surface area (Å²) in [5.41, 5.74) is 0.169. The standard InChI is InChI=1S/C13H14N2O3/c1-14-11-7-9(18-2)5-6-10(11)12(16)15(13(14)17)8-3-4-8/h5-8H,3-4H2,1-2H3. The molecule has 5 nitrogen and oxygen atoms in total. The molecule has 0 N–H and O–H groups in total. The summed E-state index contributed by atoms with van der Waals surface area (Å²) < 4.78 is 8.00. The number of nitrogens with zero attached hydrogens (tertiary/aromatic N) is 2. The number of benzene rings is 1. The molecule has 94 valence electrons. The molecule has 0 spiro atoms. The van der Waals surface area contributed by atoms with Gasteiger partial charge in [-0.15, -0.1) is 0 Å². The lowest BCUT2D eigenvalue weighted by Crippen LogP contribution is -2.38. The topological polar surface area (TPSA) is 53.2 Å². The Hall–Kier alpha value is -2.04. The second-order valence-electron chi connectivity index (χ2n) is 4.63. The van der Waals surface area contributed by atoms with Gasteiger partial charge < -0.3 is 4.74 Å². The van der Waals surface area contributed by atoms with Crippen LogP contribution in [0.25, 0.3) is 10.9 Å². The van der Waals surface area contributed by atoms with E-state index in [4.69, 9.17) is 4.74 Å². The van der Waals surface area contributed by atoms with Crippen LogP contribution in [0.15, 0.2) is 27.8 Å². The van der Waals surface area contributed by atoms with Gasteiger partial charge in [-0.05, 0) is 25.0 Å². The number of rotatable bonds is 2. The van der Waals surface area contributed by atoms with E-state index in [9.17, 15) is 9.59 Å². The van der Waals surface area contributed by atoms with Gasteiger partial charge in [0.15, 0.2) is 0 Å². The van der Waals surface area contributed by atoms with Crippen molar-refractivity contribution >= 4 is 10.9 Å². The highest BCUT2D eigenvalue weighted by Crippen LogP contribution is 2.32. The van der Waals surface area contributed by atoms with Crippen molar-refractivity contribution in [1.29, 1.82) is 0 Å². The first-order chi connectivity index (χ1) is 8.63. The van der Waals surface area contributed by atoms with Crippen molar-refractivity contribution in [2.75, 3.05) is 7.11 Å². The Labute approximate surface area is 103 Å². The summed E-state index contributed by atoms with van der Waals surface area (Å²) in [5.74, 6) is 0.640. The van der Waals surface area contributed by atoms with E-state index in [0.29, 0.717) is 16.7 Å². The number of ether oxygens (including phenoxy) is 1. The van der Waals surface area contributed by atoms with Crippen LogP contribution in [-0.4, -0.2) is 16.2 Å². The molecule has 1 aromatic heterocycles. The van der Waals surface area contributed by atoms with Gasteiger partial charge in [-0.2, -0.15) is 0 Å². The molecule has 0 amide bonds. The molecule has 1 heterocycles. The Morgan fingerprint density at radius 3 is 2.61 bits per heavy atom. The maximum Gasteiger partial charge on any atom is 0.331 e. The number of methoxy groups -OCH3 is 1. The summed E-state index contributed by atoms with van der Waals surface area (Å²) in [6, 6.07) is 5.26. The Morgan fingerprint density at radius 1 is 1.28 bits per heavy atom. The third-order valence-electron chi connectivity index (χ3n) is 3.42. The molecule has 1 aromatic carbocycles. The van der Waals surface area contributed by atoms with Gasteiger partial charge in [0.25, 0.3) is 5.56 Å². The van der Waals surface area contributed by atoms with Crippen LogP contribution in [0.3, 0.4) is 0 Å². The third-order valence-corrected chi connectivity index (χ3v) is 3.42. The van der Waals surface area contributed by atoms with Gasteiger partial charge in [0, 0.05) is 19.2 Å². The molecule has 1 fully saturated rings. The molecular formula is C13H14N2O3. The van der Waals surface area contributed by atoms with Crippen LogP contribution < -0.4 is 16.0 Å². The zero-order chi connectivity index (χ0) is 12.9. The normalized spacial score (nSPS) is 15.0. The fourth-order valence-electron chi connectivity index (χ4n) is 2.23. The molecule has 0 aliphatic heterocycles. The lowest BCUT2D eigenvalue weighted by atomic mass is 10.2. The lowest BCUT2D eigenvalue weighted by Gasteiger charge is -2.10. The van der Waals surface area contributed by atoms with Gasteiger partial charge in [-0.3, -0.25) is 13.9 Å². The molecule has 3 rings (SSSR count). The molecule has 0 saturated heterocycles. The number of hydrogen-bond donors (Lipinski definition) is 0. The predicted molar refractivity (Wildman–Crippen MR) is 68.3 cm³/mol. The second-order valence-corrected chi connectivity index (χ2v) is 4.63. The highest BCUT2D eigenvalue weighted by atomic mass is 16.5. The molecular weight excluding hydrogens is 232 g/mol. The fourth-order valence-corrected chi connectivity index (χ4v) is 2.23. The minimum atomic E-state index is -0.247. The maximum absolute atomic E-state index is 12.3. The van der Waals surface area contributed by atoms with Crippen molar-refractivity contribution in [3.63, 3.8) is 0 Å². The third kappa shape index (κ3) is 1.47. The zero-order valence-electron chi connectivity index (χ0n) is 10.3. The van der Waals surface area contributed by atoms with Crippen LogP contribution in [0.5, 0.6) is 5.75 Å². The Morgan fingerprint density at radius 2 is 2.00 bits per heavy atom. The largest absolute Gasteiger partial charge is 0.497 e. The molecule has 0 atom stereocenters. The molecule has 5 heteroatoms. The van der Waals surface area contributed by atoms with E-state index in [1.54, 1.807) is 32.4 Å². The first-order valence-corrected chi connectivity index (χ1v) is 5.92. The Bertz CT molecular complexity index is 738. The average molecular weight is 246 g/mol. The summed E-state index contributed by atoms with van der Waals surface area (Å²) in [6.45, 7) is 0. The highest BCUT2D eigenvalue weighted by Gasteiger charge is 2.28. The molecule has 18 heavy (non-hydrogen) atoms. The molecule has 0 radical (unpaired) electrons. The lowest BCUT2D eigenvalue weighted by molar-refractivity contribution is 0.415. The van der Waals surface area contributed by atoms with Gasteiger partial charge >= 0.3 is 5.69 Å². The van der Waals surface area contributed by atoms with E-state index in [-0.39, 0.29) is 17.3 Å². The number of aryl methyl sites for hydroxylation is 1. The van der Waals surface area contributed by atoms with Gasteiger partial charge in [-0.25, -0.2) is 4.79 Å². The Kier molecular flexibility index (Phi) is 2.29. The van der Waals surface area contributed by atoms with Gasteiger partial charge in [-0.1, -0.05) is 0 Å². The van der Waals surface area contributed by atoms with Crippen LogP contribution in [0, 0.1) is 0 Å². The Balaban J connectivity index is 2.43. The van der Waals surface area contributed by atoms with E-state index in [1.165, 1.54) is 9.13 Å². The van der Waals surface area contributed by atoms with Crippen LogP contribution in [-0.2, 0) is 7.05 Å². The smallest absolute Gasteiger partial charge is 0.331 e. The predicted octanol–water partition coefficient (Wildman–Crippen LogP) is 1.04. The first kappa shape index (κ1) is 11.1. The van der Waals surface area contributed by atoms with Gasteiger partial charge in [0.1, 0.15) is 5.75 Å². The fraction of sp³-hybridized carbons (Fsp3) is 0.385. The van der Waals surface area contributed by atoms with E-state index in [0.717, 1.165) is 12.8 Å². The van der Waals surface area contributed by atoms with Gasteiger partial charge in [0.2, 0.25) is 0 Å². The second kappa shape index (κ2) is 3.73. The summed E-state index contributed by atoms with van der Waals surface area (Å²) in [4.78, 5) is 24.5. The van der Waals surface area contributed by atoms with Crippen molar-refractivity contribution in [3.8, 4) is 5.75 Å². The molecule has 0 unspecified atom stereocenters. The van der Waals surface area contributed by atoms with Crippen molar-refractivity contribution in [2.24, 2.45) is 7.05 Å². The van der Waals surface area contributed by atoms with Crippen molar-refractivity contribution < 1.29 is 4.74 Å².